The lowest BCUT2D eigenvalue weighted by Gasteiger charge is -2.29. The van der Waals surface area contributed by atoms with Crippen molar-refractivity contribution in [1.82, 2.24) is 19.7 Å². The van der Waals surface area contributed by atoms with Gasteiger partial charge >= 0.3 is 7.60 Å². The molecule has 4 rings (SSSR count). The van der Waals surface area contributed by atoms with E-state index >= 15 is 0 Å². The fourth-order valence-electron chi connectivity index (χ4n) is 4.31. The van der Waals surface area contributed by atoms with Crippen LogP contribution in [0.15, 0.2) is 6.20 Å². The molecule has 5 atom stereocenters. The van der Waals surface area contributed by atoms with Crippen molar-refractivity contribution in [2.45, 2.75) is 68.5 Å². The monoisotopic (exact) mass is 531 g/mol. The Morgan fingerprint density at radius 1 is 1.31 bits per heavy atom. The zero-order valence-electron chi connectivity index (χ0n) is 18.8. The Hall–Kier alpha value is -1.85. The van der Waals surface area contributed by atoms with Crippen LogP contribution in [0.25, 0.3) is 11.0 Å². The van der Waals surface area contributed by atoms with Crippen molar-refractivity contribution < 1.29 is 39.1 Å². The number of rotatable bonds is 8. The summed E-state index contributed by atoms with van der Waals surface area (Å²) in [6.07, 6.45) is 0.312. The van der Waals surface area contributed by atoms with E-state index in [0.717, 1.165) is 25.7 Å². The zero-order chi connectivity index (χ0) is 25.4. The second-order valence-electron chi connectivity index (χ2n) is 8.51. The molecule has 0 radical (unpaired) electrons. The molecule has 0 bridgehead atoms. The first kappa shape index (κ1) is 26.2. The fraction of sp³-hybridized carbons (Fsp3) is 0.650. The number of nitrogens with one attached hydrogen (secondary N) is 1. The molecule has 0 amide bonds. The van der Waals surface area contributed by atoms with Crippen molar-refractivity contribution in [2.75, 3.05) is 18.5 Å². The Morgan fingerprint density at radius 3 is 2.66 bits per heavy atom. The largest absolute Gasteiger partial charge is 0.392 e. The molecule has 1 aliphatic heterocycles. The molecule has 15 heteroatoms. The van der Waals surface area contributed by atoms with Crippen LogP contribution in [0.3, 0.4) is 0 Å². The van der Waals surface area contributed by atoms with Gasteiger partial charge in [0.2, 0.25) is 5.28 Å². The highest BCUT2D eigenvalue weighted by Crippen LogP contribution is 2.51. The third-order valence-electron chi connectivity index (χ3n) is 6.19. The molecule has 3 heterocycles. The molecule has 35 heavy (non-hydrogen) atoms. The molecule has 2 fully saturated rings. The van der Waals surface area contributed by atoms with Gasteiger partial charge in [0.15, 0.2) is 11.9 Å². The normalized spacial score (nSPS) is 27.1. The number of aromatic nitrogens is 4. The van der Waals surface area contributed by atoms with Gasteiger partial charge in [-0.25, -0.2) is 4.68 Å². The molecule has 1 saturated carbocycles. The van der Waals surface area contributed by atoms with Crippen molar-refractivity contribution in [3.05, 3.63) is 11.5 Å². The number of hydrogen-bond donors (Lipinski definition) is 6. The van der Waals surface area contributed by atoms with Crippen LogP contribution < -0.4 is 5.32 Å². The number of aliphatic hydroxyl groups excluding tert-OH is 3. The van der Waals surface area contributed by atoms with E-state index in [9.17, 15) is 29.7 Å². The summed E-state index contributed by atoms with van der Waals surface area (Å²) in [5, 5.41) is 36.4. The maximum atomic E-state index is 11.9. The molecule has 1 saturated heterocycles. The maximum Gasteiger partial charge on any atom is 0.372 e. The van der Waals surface area contributed by atoms with Crippen LogP contribution in [-0.4, -0.2) is 87.8 Å². The summed E-state index contributed by atoms with van der Waals surface area (Å²) in [4.78, 5) is 27.8. The van der Waals surface area contributed by atoms with Crippen LogP contribution in [0.1, 0.15) is 38.8 Å². The average molecular weight is 532 g/mol. The van der Waals surface area contributed by atoms with Crippen LogP contribution in [-0.2, 0) is 14.0 Å². The SMILES string of the molecule is CC#C[C@@](CO)(OC[C@H]1O[C@@H](n2ncc3c(NC4CCCC4)nc(Cl)nc32)[C@H](O)[C@@H]1O)P(=O)(O)O. The van der Waals surface area contributed by atoms with Crippen molar-refractivity contribution in [3.8, 4) is 11.8 Å². The third kappa shape index (κ3) is 5.04. The molecule has 0 unspecified atom stereocenters. The van der Waals surface area contributed by atoms with Crippen LogP contribution >= 0.6 is 19.2 Å². The summed E-state index contributed by atoms with van der Waals surface area (Å²) >= 11 is 6.14. The highest BCUT2D eigenvalue weighted by atomic mass is 35.5. The second-order valence-corrected chi connectivity index (χ2v) is 10.7. The van der Waals surface area contributed by atoms with Crippen molar-refractivity contribution in [3.63, 3.8) is 0 Å². The number of anilines is 1. The van der Waals surface area contributed by atoms with Gasteiger partial charge in [-0.3, -0.25) is 4.57 Å². The van der Waals surface area contributed by atoms with E-state index in [-0.39, 0.29) is 17.0 Å². The minimum atomic E-state index is -5.04. The number of ether oxygens (including phenoxy) is 2. The summed E-state index contributed by atoms with van der Waals surface area (Å²) in [6.45, 7) is -0.350. The van der Waals surface area contributed by atoms with Gasteiger partial charge in [0.25, 0.3) is 5.34 Å². The average Bonchev–Trinajstić information content (AvgIpc) is 3.52. The Kier molecular flexibility index (Phi) is 7.68. The summed E-state index contributed by atoms with van der Waals surface area (Å²) in [5.41, 5.74) is 0.264. The van der Waals surface area contributed by atoms with Gasteiger partial charge in [-0.1, -0.05) is 18.8 Å². The van der Waals surface area contributed by atoms with Gasteiger partial charge in [-0.05, 0) is 31.4 Å². The Bertz CT molecular complexity index is 1180. The summed E-state index contributed by atoms with van der Waals surface area (Å²) in [6, 6.07) is 0.247. The van der Waals surface area contributed by atoms with Crippen LogP contribution in [0.2, 0.25) is 5.28 Å². The maximum absolute atomic E-state index is 11.9. The Balaban J connectivity index is 1.57. The lowest BCUT2D eigenvalue weighted by atomic mass is 10.1. The summed E-state index contributed by atoms with van der Waals surface area (Å²) in [5.74, 6) is 5.02. The van der Waals surface area contributed by atoms with E-state index < -0.39 is 50.7 Å². The molecule has 192 valence electrons. The lowest BCUT2D eigenvalue weighted by Crippen LogP contribution is -2.41. The van der Waals surface area contributed by atoms with E-state index in [2.05, 4.69) is 32.2 Å². The number of fused-ring (bicyclic) bond motifs is 1. The third-order valence-corrected chi connectivity index (χ3v) is 7.68. The van der Waals surface area contributed by atoms with E-state index in [0.29, 0.717) is 11.2 Å². The van der Waals surface area contributed by atoms with Gasteiger partial charge in [0.1, 0.15) is 24.1 Å². The smallest absolute Gasteiger partial charge is 0.372 e. The van der Waals surface area contributed by atoms with Gasteiger partial charge in [0.05, 0.1) is 24.8 Å². The topological polar surface area (TPSA) is 192 Å². The van der Waals surface area contributed by atoms with Crippen LogP contribution in [0.4, 0.5) is 5.82 Å². The molecule has 1 aliphatic carbocycles. The van der Waals surface area contributed by atoms with Gasteiger partial charge in [-0.15, -0.1) is 5.92 Å². The molecule has 2 aromatic rings. The fourth-order valence-corrected chi connectivity index (χ4v) is 5.16. The Morgan fingerprint density at radius 2 is 2.03 bits per heavy atom. The lowest BCUT2D eigenvalue weighted by molar-refractivity contribution is -0.0942. The van der Waals surface area contributed by atoms with E-state index in [4.69, 9.17) is 21.1 Å². The van der Waals surface area contributed by atoms with Gasteiger partial charge < -0.3 is 39.9 Å². The first-order valence-electron chi connectivity index (χ1n) is 11.0. The second kappa shape index (κ2) is 10.3. The summed E-state index contributed by atoms with van der Waals surface area (Å²) < 4.78 is 24.2. The van der Waals surface area contributed by atoms with E-state index in [1.165, 1.54) is 17.8 Å². The first-order valence-corrected chi connectivity index (χ1v) is 13.0. The van der Waals surface area contributed by atoms with Crippen LogP contribution in [0, 0.1) is 11.8 Å². The minimum Gasteiger partial charge on any atom is -0.392 e. The van der Waals surface area contributed by atoms with Crippen molar-refractivity contribution in [2.24, 2.45) is 0 Å². The molecular formula is C20H27ClN5O8P. The predicted octanol–water partition coefficient (Wildman–Crippen LogP) is 0.360. The highest BCUT2D eigenvalue weighted by molar-refractivity contribution is 7.53. The number of nitrogens with zero attached hydrogens (tertiary/aromatic N) is 4. The predicted molar refractivity (Wildman–Crippen MR) is 123 cm³/mol. The minimum absolute atomic E-state index is 0.0415. The van der Waals surface area contributed by atoms with Gasteiger partial charge in [0, 0.05) is 6.04 Å². The quantitative estimate of drug-likeness (QED) is 0.156. The number of aliphatic hydroxyl groups is 3. The molecule has 6 N–H and O–H groups in total. The molecule has 0 spiro atoms. The van der Waals surface area contributed by atoms with E-state index in [1.54, 1.807) is 0 Å². The molecule has 13 nitrogen and oxygen atoms in total. The van der Waals surface area contributed by atoms with Gasteiger partial charge in [-0.2, -0.15) is 15.1 Å². The van der Waals surface area contributed by atoms with E-state index in [1.807, 2.05) is 0 Å². The molecule has 0 aromatic carbocycles. The number of halogens is 1. The number of hydrogen-bond acceptors (Lipinski definition) is 10. The Labute approximate surface area is 205 Å². The highest BCUT2D eigenvalue weighted by Gasteiger charge is 2.50. The van der Waals surface area contributed by atoms with Crippen LogP contribution in [0.5, 0.6) is 0 Å². The zero-order valence-corrected chi connectivity index (χ0v) is 20.4. The molecular weight excluding hydrogens is 505 g/mol. The summed E-state index contributed by atoms with van der Waals surface area (Å²) in [7, 11) is -5.04. The van der Waals surface area contributed by atoms with Crippen molar-refractivity contribution in [1.29, 1.82) is 0 Å². The first-order chi connectivity index (χ1) is 16.6. The molecule has 2 aromatic heterocycles. The molecule has 2 aliphatic rings. The standard InChI is InChI=1S/C20H27ClN5O8P/c1-2-7-20(10-27,35(30,31)32)33-9-13-14(28)15(29)18(34-13)26-17-12(8-22-26)16(24-19(21)25-17)23-11-5-3-4-6-11/h8,11,13-15,18,27-29H,3-6,9-10H2,1H3,(H,23,24,25)(H2,30,31,32)/t13-,14-,15-,18-,20-/m1/s1. The van der Waals surface area contributed by atoms with Crippen molar-refractivity contribution >= 4 is 36.0 Å².